The fraction of sp³-hybridized carbons (Fsp3) is 0.308. The molecular weight excluding hydrogens is 216 g/mol. The highest BCUT2D eigenvalue weighted by atomic mass is 16.4. The van der Waals surface area contributed by atoms with Crippen LogP contribution in [0.15, 0.2) is 30.5 Å². The maximum absolute atomic E-state index is 10.6. The average molecular weight is 232 g/mol. The topological polar surface area (TPSA) is 45.5 Å². The molecule has 1 aromatic carbocycles. The van der Waals surface area contributed by atoms with Crippen LogP contribution in [0.2, 0.25) is 0 Å². The zero-order valence-electron chi connectivity index (χ0n) is 10.1. The van der Waals surface area contributed by atoms with Crippen LogP contribution in [0.25, 0.3) is 10.9 Å². The van der Waals surface area contributed by atoms with Crippen molar-refractivity contribution in [3.8, 4) is 0 Å². The molecule has 0 saturated heterocycles. The van der Waals surface area contributed by atoms with E-state index in [1.807, 2.05) is 26.2 Å². The second-order valence-electron chi connectivity index (χ2n) is 4.35. The molecule has 0 atom stereocenters. The lowest BCUT2D eigenvalue weighted by atomic mass is 10.1. The number of carbonyl (C=O) groups is 1. The van der Waals surface area contributed by atoms with Crippen molar-refractivity contribution >= 4 is 16.9 Å². The van der Waals surface area contributed by atoms with Gasteiger partial charge in [-0.3, -0.25) is 9.69 Å². The minimum Gasteiger partial charge on any atom is -0.480 e. The van der Waals surface area contributed by atoms with Crippen molar-refractivity contribution in [3.05, 3.63) is 36.0 Å². The normalized spacial score (nSPS) is 11.2. The van der Waals surface area contributed by atoms with E-state index in [0.717, 1.165) is 5.56 Å². The van der Waals surface area contributed by atoms with Crippen LogP contribution in [0.4, 0.5) is 0 Å². The summed E-state index contributed by atoms with van der Waals surface area (Å²) in [6, 6.07) is 8.14. The van der Waals surface area contributed by atoms with E-state index in [1.54, 1.807) is 4.90 Å². The Kier molecular flexibility index (Phi) is 3.15. The maximum Gasteiger partial charge on any atom is 0.317 e. The van der Waals surface area contributed by atoms with Crippen molar-refractivity contribution in [1.29, 1.82) is 0 Å². The third-order valence-electron chi connectivity index (χ3n) is 2.82. The Morgan fingerprint density at radius 1 is 1.41 bits per heavy atom. The quantitative estimate of drug-likeness (QED) is 0.872. The molecule has 0 bridgehead atoms. The number of benzene rings is 1. The molecule has 0 amide bonds. The lowest BCUT2D eigenvalue weighted by molar-refractivity contribution is -0.138. The molecule has 0 spiro atoms. The number of carboxylic acid groups (broad SMARTS) is 1. The molecule has 0 unspecified atom stereocenters. The van der Waals surface area contributed by atoms with Crippen molar-refractivity contribution in [1.82, 2.24) is 9.47 Å². The second-order valence-corrected chi connectivity index (χ2v) is 4.35. The second kappa shape index (κ2) is 4.59. The van der Waals surface area contributed by atoms with E-state index in [2.05, 4.69) is 22.9 Å². The van der Waals surface area contributed by atoms with Crippen LogP contribution in [-0.4, -0.2) is 34.1 Å². The van der Waals surface area contributed by atoms with Gasteiger partial charge in [-0.15, -0.1) is 0 Å². The van der Waals surface area contributed by atoms with Crippen LogP contribution < -0.4 is 0 Å². The van der Waals surface area contributed by atoms with Crippen LogP contribution in [0.5, 0.6) is 0 Å². The highest BCUT2D eigenvalue weighted by molar-refractivity contribution is 5.83. The van der Waals surface area contributed by atoms with Crippen LogP contribution in [0.1, 0.15) is 5.56 Å². The van der Waals surface area contributed by atoms with Crippen LogP contribution in [0, 0.1) is 0 Å². The fourth-order valence-electron chi connectivity index (χ4n) is 2.13. The number of para-hydroxylation sites is 1. The summed E-state index contributed by atoms with van der Waals surface area (Å²) in [4.78, 5) is 12.4. The summed E-state index contributed by atoms with van der Waals surface area (Å²) in [6.07, 6.45) is 2.06. The van der Waals surface area contributed by atoms with Crippen LogP contribution in [0.3, 0.4) is 0 Å². The predicted molar refractivity (Wildman–Crippen MR) is 66.9 cm³/mol. The molecule has 4 heteroatoms. The van der Waals surface area contributed by atoms with Gasteiger partial charge in [0.2, 0.25) is 0 Å². The van der Waals surface area contributed by atoms with Crippen molar-refractivity contribution in [2.75, 3.05) is 13.6 Å². The molecule has 4 nitrogen and oxygen atoms in total. The molecule has 2 rings (SSSR count). The van der Waals surface area contributed by atoms with Gasteiger partial charge in [0.1, 0.15) is 0 Å². The monoisotopic (exact) mass is 232 g/mol. The zero-order chi connectivity index (χ0) is 12.4. The van der Waals surface area contributed by atoms with E-state index in [1.165, 1.54) is 10.9 Å². The van der Waals surface area contributed by atoms with Gasteiger partial charge in [-0.25, -0.2) is 0 Å². The van der Waals surface area contributed by atoms with E-state index < -0.39 is 5.97 Å². The first-order valence-corrected chi connectivity index (χ1v) is 5.51. The number of hydrogen-bond acceptors (Lipinski definition) is 2. The minimum absolute atomic E-state index is 0.0588. The molecule has 90 valence electrons. The highest BCUT2D eigenvalue weighted by Crippen LogP contribution is 2.21. The standard InChI is InChI=1S/C13H16N2O2/c1-14(9-13(16)17)7-10-8-15(2)12-6-4-3-5-11(10)12/h3-6,8H,7,9H2,1-2H3,(H,16,17). The number of nitrogens with zero attached hydrogens (tertiary/aromatic N) is 2. The summed E-state index contributed by atoms with van der Waals surface area (Å²) in [6.45, 7) is 0.705. The van der Waals surface area contributed by atoms with Crippen molar-refractivity contribution < 1.29 is 9.90 Å². The summed E-state index contributed by atoms with van der Waals surface area (Å²) in [5.74, 6) is -0.798. The number of aliphatic carboxylic acids is 1. The van der Waals surface area contributed by atoms with Gasteiger partial charge >= 0.3 is 5.97 Å². The maximum atomic E-state index is 10.6. The summed E-state index contributed by atoms with van der Waals surface area (Å²) < 4.78 is 2.07. The summed E-state index contributed by atoms with van der Waals surface area (Å²) in [5, 5.41) is 9.92. The lowest BCUT2D eigenvalue weighted by Crippen LogP contribution is -2.24. The van der Waals surface area contributed by atoms with Crippen LogP contribution in [-0.2, 0) is 18.4 Å². The third kappa shape index (κ3) is 2.47. The number of aromatic nitrogens is 1. The molecule has 1 aromatic heterocycles. The molecule has 0 aliphatic heterocycles. The number of fused-ring (bicyclic) bond motifs is 1. The molecule has 2 aromatic rings. The van der Waals surface area contributed by atoms with E-state index in [4.69, 9.17) is 5.11 Å². The van der Waals surface area contributed by atoms with E-state index >= 15 is 0 Å². The highest BCUT2D eigenvalue weighted by Gasteiger charge is 2.10. The Bertz CT molecular complexity index is 545. The van der Waals surface area contributed by atoms with Gasteiger partial charge in [0.05, 0.1) is 6.54 Å². The minimum atomic E-state index is -0.798. The predicted octanol–water partition coefficient (Wildman–Crippen LogP) is 1.69. The Morgan fingerprint density at radius 2 is 2.12 bits per heavy atom. The van der Waals surface area contributed by atoms with Gasteiger partial charge in [-0.1, -0.05) is 18.2 Å². The molecule has 0 fully saturated rings. The molecule has 0 saturated carbocycles. The number of aryl methyl sites for hydroxylation is 1. The third-order valence-corrected chi connectivity index (χ3v) is 2.82. The number of hydrogen-bond donors (Lipinski definition) is 1. The number of carboxylic acids is 1. The zero-order valence-corrected chi connectivity index (χ0v) is 10.1. The summed E-state index contributed by atoms with van der Waals surface area (Å²) in [7, 11) is 3.82. The molecule has 0 aliphatic carbocycles. The Labute approximate surface area is 100 Å². The number of rotatable bonds is 4. The van der Waals surface area contributed by atoms with E-state index in [0.29, 0.717) is 6.54 Å². The summed E-state index contributed by atoms with van der Waals surface area (Å²) in [5.41, 5.74) is 2.33. The Hall–Kier alpha value is -1.81. The van der Waals surface area contributed by atoms with Gasteiger partial charge < -0.3 is 9.67 Å². The fourth-order valence-corrected chi connectivity index (χ4v) is 2.13. The van der Waals surface area contributed by atoms with E-state index in [9.17, 15) is 4.79 Å². The first kappa shape index (κ1) is 11.7. The summed E-state index contributed by atoms with van der Waals surface area (Å²) >= 11 is 0. The van der Waals surface area contributed by atoms with Gasteiger partial charge in [-0.05, 0) is 18.7 Å². The van der Waals surface area contributed by atoms with Gasteiger partial charge in [0.15, 0.2) is 0 Å². The first-order valence-electron chi connectivity index (χ1n) is 5.51. The van der Waals surface area contributed by atoms with Crippen molar-refractivity contribution in [2.45, 2.75) is 6.54 Å². The van der Waals surface area contributed by atoms with Crippen molar-refractivity contribution in [2.24, 2.45) is 7.05 Å². The van der Waals surface area contributed by atoms with Gasteiger partial charge in [-0.2, -0.15) is 0 Å². The molecule has 1 N–H and O–H groups in total. The smallest absolute Gasteiger partial charge is 0.317 e. The first-order chi connectivity index (χ1) is 8.08. The van der Waals surface area contributed by atoms with Crippen LogP contribution >= 0.6 is 0 Å². The molecular formula is C13H16N2O2. The number of likely N-dealkylation sites (N-methyl/N-ethyl adjacent to an activating group) is 1. The molecule has 1 heterocycles. The van der Waals surface area contributed by atoms with Gasteiger partial charge in [0, 0.05) is 30.7 Å². The Balaban J connectivity index is 2.27. The van der Waals surface area contributed by atoms with Gasteiger partial charge in [0.25, 0.3) is 0 Å². The molecule has 0 radical (unpaired) electrons. The Morgan fingerprint density at radius 3 is 2.82 bits per heavy atom. The SMILES string of the molecule is CN(CC(=O)O)Cc1cn(C)c2ccccc12. The largest absolute Gasteiger partial charge is 0.480 e. The van der Waals surface area contributed by atoms with E-state index in [-0.39, 0.29) is 6.54 Å². The average Bonchev–Trinajstić information content (AvgIpc) is 2.55. The lowest BCUT2D eigenvalue weighted by Gasteiger charge is -2.12. The van der Waals surface area contributed by atoms with Crippen molar-refractivity contribution in [3.63, 3.8) is 0 Å². The molecule has 0 aliphatic rings. The molecule has 17 heavy (non-hydrogen) atoms.